The van der Waals surface area contributed by atoms with Gasteiger partial charge in [-0.3, -0.25) is 4.79 Å². The van der Waals surface area contributed by atoms with Crippen molar-refractivity contribution in [3.05, 3.63) is 57.9 Å². The number of fused-ring (bicyclic) bond motifs is 4. The molecule has 0 aliphatic heterocycles. The van der Waals surface area contributed by atoms with E-state index in [4.69, 9.17) is 10.1 Å². The molecule has 0 bridgehead atoms. The number of aryl methyl sites for hydroxylation is 1. The van der Waals surface area contributed by atoms with Crippen LogP contribution in [-0.4, -0.2) is 24.9 Å². The van der Waals surface area contributed by atoms with Gasteiger partial charge in [-0.25, -0.2) is 14.1 Å². The topological polar surface area (TPSA) is 52.2 Å². The summed E-state index contributed by atoms with van der Waals surface area (Å²) >= 11 is 1.55. The normalized spacial score (nSPS) is 17.9. The molecule has 0 saturated heterocycles. The van der Waals surface area contributed by atoms with Crippen LogP contribution in [0.1, 0.15) is 51.7 Å². The molecule has 29 heavy (non-hydrogen) atoms. The van der Waals surface area contributed by atoms with Crippen molar-refractivity contribution in [1.82, 2.24) is 19.2 Å². The smallest absolute Gasteiger partial charge is 0.265 e. The Morgan fingerprint density at radius 2 is 2.07 bits per heavy atom. The fourth-order valence-corrected chi connectivity index (χ4v) is 4.97. The average molecular weight is 409 g/mol. The SMILES string of the molecule is C=C(C)CSc1nn(CCC)c2nc3c(c(=O)n12)[C@](C)(CC)Cc1ccccc1-3. The molecule has 0 fully saturated rings. The van der Waals surface area contributed by atoms with Crippen LogP contribution in [0.15, 0.2) is 46.4 Å². The van der Waals surface area contributed by atoms with Crippen molar-refractivity contribution in [3.63, 3.8) is 0 Å². The Morgan fingerprint density at radius 3 is 2.76 bits per heavy atom. The molecule has 0 spiro atoms. The minimum absolute atomic E-state index is 0.0235. The lowest BCUT2D eigenvalue weighted by Crippen LogP contribution is -2.37. The van der Waals surface area contributed by atoms with Gasteiger partial charge in [0.2, 0.25) is 5.78 Å². The summed E-state index contributed by atoms with van der Waals surface area (Å²) in [4.78, 5) is 18.9. The van der Waals surface area contributed by atoms with E-state index in [-0.39, 0.29) is 11.0 Å². The van der Waals surface area contributed by atoms with Crippen LogP contribution >= 0.6 is 11.8 Å². The van der Waals surface area contributed by atoms with Gasteiger partial charge in [-0.2, -0.15) is 0 Å². The molecule has 1 aliphatic carbocycles. The monoisotopic (exact) mass is 408 g/mol. The van der Waals surface area contributed by atoms with Crippen LogP contribution in [0, 0.1) is 0 Å². The Bertz CT molecular complexity index is 1160. The van der Waals surface area contributed by atoms with E-state index in [2.05, 4.69) is 45.5 Å². The molecule has 0 N–H and O–H groups in total. The van der Waals surface area contributed by atoms with E-state index in [0.29, 0.717) is 10.9 Å². The van der Waals surface area contributed by atoms with Gasteiger partial charge in [0.05, 0.1) is 11.3 Å². The Labute approximate surface area is 175 Å². The molecule has 1 atom stereocenters. The van der Waals surface area contributed by atoms with Crippen molar-refractivity contribution in [2.75, 3.05) is 5.75 Å². The minimum atomic E-state index is -0.238. The zero-order chi connectivity index (χ0) is 20.8. The van der Waals surface area contributed by atoms with Crippen LogP contribution in [0.2, 0.25) is 0 Å². The largest absolute Gasteiger partial charge is 0.268 e. The maximum absolute atomic E-state index is 13.9. The van der Waals surface area contributed by atoms with Crippen LogP contribution in [0.4, 0.5) is 0 Å². The summed E-state index contributed by atoms with van der Waals surface area (Å²) in [5, 5.41) is 5.45. The highest BCUT2D eigenvalue weighted by atomic mass is 32.2. The Hall–Kier alpha value is -2.34. The van der Waals surface area contributed by atoms with Crippen LogP contribution in [0.3, 0.4) is 0 Å². The van der Waals surface area contributed by atoms with Gasteiger partial charge in [-0.05, 0) is 31.7 Å². The van der Waals surface area contributed by atoms with Crippen molar-refractivity contribution >= 4 is 17.5 Å². The molecule has 152 valence electrons. The maximum atomic E-state index is 13.9. The van der Waals surface area contributed by atoms with Crippen LogP contribution < -0.4 is 5.56 Å². The van der Waals surface area contributed by atoms with Crippen molar-refractivity contribution in [3.8, 4) is 11.3 Å². The average Bonchev–Trinajstić information content (AvgIpc) is 3.04. The molecule has 0 radical (unpaired) electrons. The Morgan fingerprint density at radius 1 is 1.31 bits per heavy atom. The predicted molar refractivity (Wildman–Crippen MR) is 120 cm³/mol. The molecule has 0 saturated carbocycles. The quantitative estimate of drug-likeness (QED) is 0.432. The number of rotatable bonds is 6. The van der Waals surface area contributed by atoms with Gasteiger partial charge < -0.3 is 0 Å². The lowest BCUT2D eigenvalue weighted by molar-refractivity contribution is 0.439. The second-order valence-electron chi connectivity index (χ2n) is 8.28. The third-order valence-electron chi connectivity index (χ3n) is 5.81. The molecular weight excluding hydrogens is 380 g/mol. The second kappa shape index (κ2) is 7.48. The minimum Gasteiger partial charge on any atom is -0.268 e. The van der Waals surface area contributed by atoms with E-state index in [0.717, 1.165) is 54.0 Å². The maximum Gasteiger partial charge on any atom is 0.265 e. The highest BCUT2D eigenvalue weighted by molar-refractivity contribution is 7.99. The second-order valence-corrected chi connectivity index (χ2v) is 9.22. The van der Waals surface area contributed by atoms with Gasteiger partial charge in [-0.1, -0.05) is 69.0 Å². The van der Waals surface area contributed by atoms with Gasteiger partial charge in [0.25, 0.3) is 5.56 Å². The Kier molecular flexibility index (Phi) is 5.15. The summed E-state index contributed by atoms with van der Waals surface area (Å²) in [6.07, 6.45) is 2.67. The molecule has 2 heterocycles. The zero-order valence-corrected chi connectivity index (χ0v) is 18.5. The summed E-state index contributed by atoms with van der Waals surface area (Å²) < 4.78 is 3.60. The molecule has 2 aromatic heterocycles. The molecule has 5 nitrogen and oxygen atoms in total. The summed E-state index contributed by atoms with van der Waals surface area (Å²) in [6.45, 7) is 13.2. The number of thioether (sulfide) groups is 1. The first kappa shape index (κ1) is 20.0. The van der Waals surface area contributed by atoms with Gasteiger partial charge in [0.1, 0.15) is 0 Å². The first-order valence-corrected chi connectivity index (χ1v) is 11.3. The molecule has 1 aromatic carbocycles. The van der Waals surface area contributed by atoms with E-state index in [1.165, 1.54) is 5.56 Å². The lowest BCUT2D eigenvalue weighted by Gasteiger charge is -2.35. The first-order chi connectivity index (χ1) is 13.9. The molecule has 4 rings (SSSR count). The summed E-state index contributed by atoms with van der Waals surface area (Å²) in [5.74, 6) is 1.37. The molecule has 0 amide bonds. The third-order valence-corrected chi connectivity index (χ3v) is 6.97. The fourth-order valence-electron chi connectivity index (χ4n) is 4.15. The van der Waals surface area contributed by atoms with Crippen LogP contribution in [0.25, 0.3) is 17.0 Å². The van der Waals surface area contributed by atoms with E-state index >= 15 is 0 Å². The van der Waals surface area contributed by atoms with Crippen molar-refractivity contribution in [1.29, 1.82) is 0 Å². The lowest BCUT2D eigenvalue weighted by atomic mass is 9.69. The van der Waals surface area contributed by atoms with Gasteiger partial charge >= 0.3 is 0 Å². The molecule has 1 aliphatic rings. The molecular formula is C23H28N4OS. The van der Waals surface area contributed by atoms with E-state index in [1.54, 1.807) is 16.2 Å². The van der Waals surface area contributed by atoms with E-state index < -0.39 is 0 Å². The van der Waals surface area contributed by atoms with Gasteiger partial charge in [0, 0.05) is 23.3 Å². The molecule has 0 unspecified atom stereocenters. The highest BCUT2D eigenvalue weighted by Gasteiger charge is 2.38. The zero-order valence-electron chi connectivity index (χ0n) is 17.7. The van der Waals surface area contributed by atoms with Gasteiger partial charge in [-0.15, -0.1) is 5.10 Å². The first-order valence-electron chi connectivity index (χ1n) is 10.3. The van der Waals surface area contributed by atoms with Crippen molar-refractivity contribution in [2.45, 2.75) is 64.1 Å². The predicted octanol–water partition coefficient (Wildman–Crippen LogP) is 4.86. The van der Waals surface area contributed by atoms with Crippen LogP contribution in [-0.2, 0) is 18.4 Å². The Balaban J connectivity index is 2.06. The fraction of sp³-hybridized carbons (Fsp3) is 0.435. The molecule has 6 heteroatoms. The van der Waals surface area contributed by atoms with Crippen molar-refractivity contribution < 1.29 is 0 Å². The van der Waals surface area contributed by atoms with E-state index in [9.17, 15) is 4.79 Å². The number of hydrogen-bond acceptors (Lipinski definition) is 4. The summed E-state index contributed by atoms with van der Waals surface area (Å²) in [5.41, 5.74) is 4.83. The number of nitrogens with zero attached hydrogens (tertiary/aromatic N) is 4. The van der Waals surface area contributed by atoms with Crippen LogP contribution in [0.5, 0.6) is 0 Å². The van der Waals surface area contributed by atoms with E-state index in [1.807, 2.05) is 17.7 Å². The highest BCUT2D eigenvalue weighted by Crippen LogP contribution is 2.42. The van der Waals surface area contributed by atoms with Gasteiger partial charge in [0.15, 0.2) is 5.16 Å². The summed E-state index contributed by atoms with van der Waals surface area (Å²) in [6, 6.07) is 8.34. The standard InChI is InChI=1S/C23H28N4OS/c1-6-12-26-21-24-19-17-11-9-8-10-16(17)13-23(5,7-2)18(19)20(28)27(21)22(25-26)29-14-15(3)4/h8-11H,3,6-7,12-14H2,1-2,4-5H3/t23-/m1/s1. The number of benzene rings is 1. The summed E-state index contributed by atoms with van der Waals surface area (Å²) in [7, 11) is 0. The number of aromatic nitrogens is 4. The third kappa shape index (κ3) is 3.23. The molecule has 3 aromatic rings. The van der Waals surface area contributed by atoms with Crippen molar-refractivity contribution in [2.24, 2.45) is 0 Å². The number of hydrogen-bond donors (Lipinski definition) is 0.